The molecule has 0 radical (unpaired) electrons. The number of nitrogens with two attached hydrogens (primary N) is 1. The van der Waals surface area contributed by atoms with E-state index in [2.05, 4.69) is 5.32 Å². The SMILES string of the molecule is CC(C)NC(CCOc1cccc(S(C)(=O)=O)c1)C(N)=O. The fourth-order valence-corrected chi connectivity index (χ4v) is 2.46. The largest absolute Gasteiger partial charge is 0.493 e. The number of rotatable bonds is 8. The van der Waals surface area contributed by atoms with E-state index in [-0.39, 0.29) is 17.5 Å². The molecule has 3 N–H and O–H groups in total. The minimum atomic E-state index is -3.26. The Morgan fingerprint density at radius 1 is 1.38 bits per heavy atom. The van der Waals surface area contributed by atoms with Crippen LogP contribution in [0.5, 0.6) is 5.75 Å². The third-order valence-electron chi connectivity index (χ3n) is 2.79. The quantitative estimate of drug-likeness (QED) is 0.736. The van der Waals surface area contributed by atoms with Crippen molar-refractivity contribution >= 4 is 15.7 Å². The van der Waals surface area contributed by atoms with Crippen molar-refractivity contribution in [3.05, 3.63) is 24.3 Å². The van der Waals surface area contributed by atoms with Gasteiger partial charge in [0, 0.05) is 18.7 Å². The van der Waals surface area contributed by atoms with Crippen molar-refractivity contribution in [3.8, 4) is 5.75 Å². The fraction of sp³-hybridized carbons (Fsp3) is 0.500. The van der Waals surface area contributed by atoms with E-state index in [4.69, 9.17) is 10.5 Å². The first-order valence-electron chi connectivity index (χ1n) is 6.68. The van der Waals surface area contributed by atoms with Crippen molar-refractivity contribution in [2.75, 3.05) is 12.9 Å². The summed E-state index contributed by atoms with van der Waals surface area (Å²) in [5.41, 5.74) is 5.31. The third kappa shape index (κ3) is 6.14. The lowest BCUT2D eigenvalue weighted by atomic mass is 10.2. The number of carbonyl (C=O) groups excluding carboxylic acids is 1. The normalized spacial score (nSPS) is 13.1. The molecule has 1 atom stereocenters. The molecular weight excluding hydrogens is 292 g/mol. The molecule has 0 aliphatic carbocycles. The smallest absolute Gasteiger partial charge is 0.234 e. The maximum atomic E-state index is 11.5. The van der Waals surface area contributed by atoms with Crippen molar-refractivity contribution in [3.63, 3.8) is 0 Å². The maximum Gasteiger partial charge on any atom is 0.234 e. The van der Waals surface area contributed by atoms with E-state index in [1.807, 2.05) is 13.8 Å². The van der Waals surface area contributed by atoms with Crippen molar-refractivity contribution in [2.45, 2.75) is 37.2 Å². The van der Waals surface area contributed by atoms with E-state index < -0.39 is 21.8 Å². The average molecular weight is 314 g/mol. The number of hydrogen-bond donors (Lipinski definition) is 2. The Labute approximate surface area is 125 Å². The van der Waals surface area contributed by atoms with E-state index in [1.54, 1.807) is 12.1 Å². The molecule has 7 heteroatoms. The minimum Gasteiger partial charge on any atom is -0.493 e. The van der Waals surface area contributed by atoms with Crippen LogP contribution in [0.25, 0.3) is 0 Å². The van der Waals surface area contributed by atoms with Crippen LogP contribution in [0.15, 0.2) is 29.2 Å². The zero-order chi connectivity index (χ0) is 16.0. The van der Waals surface area contributed by atoms with E-state index in [9.17, 15) is 13.2 Å². The molecule has 0 bridgehead atoms. The Morgan fingerprint density at radius 2 is 2.05 bits per heavy atom. The summed E-state index contributed by atoms with van der Waals surface area (Å²) in [6.07, 6.45) is 1.55. The molecule has 0 heterocycles. The van der Waals surface area contributed by atoms with Gasteiger partial charge in [-0.15, -0.1) is 0 Å². The number of benzene rings is 1. The molecule has 1 aromatic rings. The highest BCUT2D eigenvalue weighted by Gasteiger charge is 2.16. The van der Waals surface area contributed by atoms with Crippen LogP contribution in [0.2, 0.25) is 0 Å². The zero-order valence-corrected chi connectivity index (χ0v) is 13.3. The second-order valence-electron chi connectivity index (χ2n) is 5.16. The van der Waals surface area contributed by atoms with E-state index >= 15 is 0 Å². The predicted molar refractivity (Wildman–Crippen MR) is 80.9 cm³/mol. The Morgan fingerprint density at radius 3 is 2.57 bits per heavy atom. The van der Waals surface area contributed by atoms with E-state index in [0.29, 0.717) is 12.2 Å². The molecule has 0 aromatic heterocycles. The Hall–Kier alpha value is -1.60. The first kappa shape index (κ1) is 17.5. The molecule has 1 amide bonds. The second kappa shape index (κ2) is 7.42. The molecular formula is C14H22N2O4S. The van der Waals surface area contributed by atoms with Gasteiger partial charge in [-0.25, -0.2) is 8.42 Å². The number of amides is 1. The summed E-state index contributed by atoms with van der Waals surface area (Å²) in [5, 5.41) is 3.05. The van der Waals surface area contributed by atoms with Crippen molar-refractivity contribution in [1.29, 1.82) is 0 Å². The van der Waals surface area contributed by atoms with Gasteiger partial charge in [0.05, 0.1) is 17.5 Å². The topological polar surface area (TPSA) is 98.5 Å². The summed E-state index contributed by atoms with van der Waals surface area (Å²) < 4.78 is 28.4. The number of carbonyl (C=O) groups is 1. The number of sulfone groups is 1. The number of primary amides is 1. The molecule has 21 heavy (non-hydrogen) atoms. The van der Waals surface area contributed by atoms with Crippen LogP contribution in [-0.2, 0) is 14.6 Å². The summed E-state index contributed by atoms with van der Waals surface area (Å²) in [5.74, 6) is 0.0166. The van der Waals surface area contributed by atoms with Gasteiger partial charge in [-0.1, -0.05) is 19.9 Å². The van der Waals surface area contributed by atoms with Crippen LogP contribution >= 0.6 is 0 Å². The highest BCUT2D eigenvalue weighted by molar-refractivity contribution is 7.90. The summed E-state index contributed by atoms with van der Waals surface area (Å²) in [6.45, 7) is 4.11. The summed E-state index contributed by atoms with van der Waals surface area (Å²) >= 11 is 0. The maximum absolute atomic E-state index is 11.5. The fourth-order valence-electron chi connectivity index (χ4n) is 1.80. The van der Waals surface area contributed by atoms with Gasteiger partial charge in [-0.05, 0) is 18.2 Å². The third-order valence-corrected chi connectivity index (χ3v) is 3.90. The molecule has 1 unspecified atom stereocenters. The number of hydrogen-bond acceptors (Lipinski definition) is 5. The molecule has 0 spiro atoms. The lowest BCUT2D eigenvalue weighted by molar-refractivity contribution is -0.120. The number of nitrogens with one attached hydrogen (secondary N) is 1. The van der Waals surface area contributed by atoms with Crippen LogP contribution in [0.1, 0.15) is 20.3 Å². The second-order valence-corrected chi connectivity index (χ2v) is 7.18. The first-order valence-corrected chi connectivity index (χ1v) is 8.57. The molecule has 0 aliphatic heterocycles. The van der Waals surface area contributed by atoms with Gasteiger partial charge in [0.15, 0.2) is 9.84 Å². The van der Waals surface area contributed by atoms with Crippen LogP contribution in [0.3, 0.4) is 0 Å². The van der Waals surface area contributed by atoms with Crippen LogP contribution < -0.4 is 15.8 Å². The van der Waals surface area contributed by atoms with E-state index in [1.165, 1.54) is 12.1 Å². The van der Waals surface area contributed by atoms with Crippen LogP contribution in [-0.4, -0.2) is 39.3 Å². The molecule has 0 fully saturated rings. The average Bonchev–Trinajstić information content (AvgIpc) is 2.36. The van der Waals surface area contributed by atoms with Gasteiger partial charge in [-0.2, -0.15) is 0 Å². The van der Waals surface area contributed by atoms with Crippen molar-refractivity contribution in [1.82, 2.24) is 5.32 Å². The van der Waals surface area contributed by atoms with Crippen LogP contribution in [0, 0.1) is 0 Å². The predicted octanol–water partition coefficient (Wildman–Crippen LogP) is 0.711. The van der Waals surface area contributed by atoms with E-state index in [0.717, 1.165) is 6.26 Å². The van der Waals surface area contributed by atoms with Gasteiger partial charge in [0.2, 0.25) is 5.91 Å². The molecule has 118 valence electrons. The highest BCUT2D eigenvalue weighted by atomic mass is 32.2. The first-order chi connectivity index (χ1) is 9.70. The van der Waals surface area contributed by atoms with Crippen LogP contribution in [0.4, 0.5) is 0 Å². The molecule has 0 aliphatic rings. The van der Waals surface area contributed by atoms with Gasteiger partial charge in [0.1, 0.15) is 5.75 Å². The standard InChI is InChI=1S/C14H22N2O4S/c1-10(2)16-13(14(15)17)7-8-20-11-5-4-6-12(9-11)21(3,18)19/h4-6,9-10,13,16H,7-8H2,1-3H3,(H2,15,17). The summed E-state index contributed by atoms with van der Waals surface area (Å²) in [7, 11) is -3.26. The van der Waals surface area contributed by atoms with Gasteiger partial charge in [0.25, 0.3) is 0 Å². The number of ether oxygens (including phenoxy) is 1. The molecule has 1 aromatic carbocycles. The lowest BCUT2D eigenvalue weighted by Crippen LogP contribution is -2.45. The van der Waals surface area contributed by atoms with Gasteiger partial charge < -0.3 is 15.8 Å². The Kier molecular flexibility index (Phi) is 6.17. The highest BCUT2D eigenvalue weighted by Crippen LogP contribution is 2.17. The Balaban J connectivity index is 2.61. The minimum absolute atomic E-state index is 0.135. The monoisotopic (exact) mass is 314 g/mol. The summed E-state index contributed by atoms with van der Waals surface area (Å²) in [6, 6.07) is 5.92. The molecule has 0 saturated carbocycles. The Bertz CT molecular complexity index is 584. The van der Waals surface area contributed by atoms with Gasteiger partial charge >= 0.3 is 0 Å². The summed E-state index contributed by atoms with van der Waals surface area (Å²) in [4.78, 5) is 11.5. The zero-order valence-electron chi connectivity index (χ0n) is 12.5. The van der Waals surface area contributed by atoms with Crippen molar-refractivity contribution in [2.24, 2.45) is 5.73 Å². The molecule has 1 rings (SSSR count). The van der Waals surface area contributed by atoms with Crippen molar-refractivity contribution < 1.29 is 17.9 Å². The molecule has 0 saturated heterocycles. The molecule has 6 nitrogen and oxygen atoms in total. The lowest BCUT2D eigenvalue weighted by Gasteiger charge is -2.18. The van der Waals surface area contributed by atoms with Gasteiger partial charge in [-0.3, -0.25) is 4.79 Å².